The zero-order valence-electron chi connectivity index (χ0n) is 13.7. The first-order valence-corrected chi connectivity index (χ1v) is 7.95. The summed E-state index contributed by atoms with van der Waals surface area (Å²) in [6.45, 7) is 6.97. The van der Waals surface area contributed by atoms with Crippen LogP contribution in [-0.2, 0) is 0 Å². The van der Waals surface area contributed by atoms with Gasteiger partial charge in [0, 0.05) is 18.8 Å². The van der Waals surface area contributed by atoms with Crippen molar-refractivity contribution >= 4 is 0 Å². The molecule has 22 heavy (non-hydrogen) atoms. The average molecular weight is 298 g/mol. The largest absolute Gasteiger partial charge is 0.387 e. The molecule has 0 aliphatic carbocycles. The van der Waals surface area contributed by atoms with E-state index in [1.165, 1.54) is 5.56 Å². The molecule has 1 aromatic carbocycles. The molecule has 3 heteroatoms. The molecule has 0 saturated carbocycles. The van der Waals surface area contributed by atoms with Gasteiger partial charge in [-0.15, -0.1) is 0 Å². The number of pyridine rings is 1. The summed E-state index contributed by atoms with van der Waals surface area (Å²) < 4.78 is 0. The molecule has 1 heterocycles. The Kier molecular flexibility index (Phi) is 6.10. The number of hydrogen-bond donors (Lipinski definition) is 2. The molecule has 0 saturated heterocycles. The molecule has 0 radical (unpaired) electrons. The Labute approximate surface area is 133 Å². The first-order chi connectivity index (χ1) is 10.6. The lowest BCUT2D eigenvalue weighted by Crippen LogP contribution is -2.28. The van der Waals surface area contributed by atoms with Gasteiger partial charge in [0.1, 0.15) is 0 Å². The van der Waals surface area contributed by atoms with E-state index >= 15 is 0 Å². The van der Waals surface area contributed by atoms with Crippen LogP contribution in [0.15, 0.2) is 48.7 Å². The van der Waals surface area contributed by atoms with Gasteiger partial charge in [-0.05, 0) is 37.0 Å². The second kappa shape index (κ2) is 8.06. The molecule has 0 aliphatic heterocycles. The second-order valence-electron chi connectivity index (χ2n) is 6.27. The quantitative estimate of drug-likeness (QED) is 0.817. The third-order valence-corrected chi connectivity index (χ3v) is 3.74. The van der Waals surface area contributed by atoms with Gasteiger partial charge in [-0.1, -0.05) is 49.7 Å². The molecule has 2 aromatic rings. The van der Waals surface area contributed by atoms with Crippen LogP contribution in [-0.4, -0.2) is 16.6 Å². The van der Waals surface area contributed by atoms with Crippen LogP contribution in [0.1, 0.15) is 49.2 Å². The van der Waals surface area contributed by atoms with Crippen LogP contribution in [0.3, 0.4) is 0 Å². The minimum absolute atomic E-state index is 0.167. The Hall–Kier alpha value is -1.71. The number of aryl methyl sites for hydroxylation is 1. The fourth-order valence-electron chi connectivity index (χ4n) is 2.61. The smallest absolute Gasteiger partial charge is 0.0914 e. The van der Waals surface area contributed by atoms with E-state index in [2.05, 4.69) is 24.1 Å². The number of rotatable bonds is 7. The maximum atomic E-state index is 10.4. The fourth-order valence-corrected chi connectivity index (χ4v) is 2.61. The minimum Gasteiger partial charge on any atom is -0.387 e. The lowest BCUT2D eigenvalue weighted by Gasteiger charge is -2.22. The predicted molar refractivity (Wildman–Crippen MR) is 90.6 cm³/mol. The summed E-state index contributed by atoms with van der Waals surface area (Å²) in [7, 11) is 0. The monoisotopic (exact) mass is 298 g/mol. The number of nitrogens with zero attached hydrogens (tertiary/aromatic N) is 1. The summed E-state index contributed by atoms with van der Waals surface area (Å²) in [5.74, 6) is 0.565. The number of aliphatic hydroxyl groups is 1. The average Bonchev–Trinajstić information content (AvgIpc) is 2.51. The molecular formula is C19H26N2O. The third-order valence-electron chi connectivity index (χ3n) is 3.74. The van der Waals surface area contributed by atoms with E-state index in [9.17, 15) is 5.11 Å². The normalized spacial score (nSPS) is 14.0. The van der Waals surface area contributed by atoms with Crippen molar-refractivity contribution in [3.05, 3.63) is 65.5 Å². The zero-order chi connectivity index (χ0) is 15.9. The number of hydrogen-bond acceptors (Lipinski definition) is 3. The van der Waals surface area contributed by atoms with Crippen molar-refractivity contribution in [3.63, 3.8) is 0 Å². The van der Waals surface area contributed by atoms with E-state index in [1.807, 2.05) is 55.6 Å². The van der Waals surface area contributed by atoms with E-state index in [0.29, 0.717) is 12.5 Å². The molecule has 0 aliphatic rings. The predicted octanol–water partition coefficient (Wildman–Crippen LogP) is 3.80. The lowest BCUT2D eigenvalue weighted by atomic mass is 9.99. The molecule has 2 unspecified atom stereocenters. The Balaban J connectivity index is 2.02. The van der Waals surface area contributed by atoms with Crippen LogP contribution in [0.25, 0.3) is 0 Å². The molecule has 0 fully saturated rings. The van der Waals surface area contributed by atoms with E-state index in [4.69, 9.17) is 0 Å². The van der Waals surface area contributed by atoms with Gasteiger partial charge in [0.15, 0.2) is 0 Å². The summed E-state index contributed by atoms with van der Waals surface area (Å²) in [5, 5.41) is 13.9. The zero-order valence-corrected chi connectivity index (χ0v) is 13.7. The summed E-state index contributed by atoms with van der Waals surface area (Å²) in [4.78, 5) is 4.45. The summed E-state index contributed by atoms with van der Waals surface area (Å²) in [5.41, 5.74) is 3.16. The SMILES string of the molecule is Cc1cccc(C(O)CNC(CC(C)C)c2ccccn2)c1. The molecule has 3 nitrogen and oxygen atoms in total. The second-order valence-corrected chi connectivity index (χ2v) is 6.27. The molecule has 0 spiro atoms. The van der Waals surface area contributed by atoms with E-state index in [-0.39, 0.29) is 6.04 Å². The van der Waals surface area contributed by atoms with Crippen molar-refractivity contribution in [1.82, 2.24) is 10.3 Å². The van der Waals surface area contributed by atoms with Crippen LogP contribution in [0.5, 0.6) is 0 Å². The highest BCUT2D eigenvalue weighted by atomic mass is 16.3. The Morgan fingerprint density at radius 2 is 1.95 bits per heavy atom. The molecular weight excluding hydrogens is 272 g/mol. The van der Waals surface area contributed by atoms with Crippen molar-refractivity contribution in [2.24, 2.45) is 5.92 Å². The highest BCUT2D eigenvalue weighted by Gasteiger charge is 2.16. The molecule has 1 aromatic heterocycles. The van der Waals surface area contributed by atoms with Gasteiger partial charge in [0.2, 0.25) is 0 Å². The maximum Gasteiger partial charge on any atom is 0.0914 e. The van der Waals surface area contributed by atoms with Crippen molar-refractivity contribution < 1.29 is 5.11 Å². The number of benzene rings is 1. The van der Waals surface area contributed by atoms with Gasteiger partial charge in [0.05, 0.1) is 11.8 Å². The molecule has 2 N–H and O–H groups in total. The topological polar surface area (TPSA) is 45.1 Å². The minimum atomic E-state index is -0.502. The lowest BCUT2D eigenvalue weighted by molar-refractivity contribution is 0.167. The van der Waals surface area contributed by atoms with E-state index in [0.717, 1.165) is 17.7 Å². The number of aromatic nitrogens is 1. The Bertz CT molecular complexity index is 569. The van der Waals surface area contributed by atoms with Gasteiger partial charge < -0.3 is 10.4 Å². The molecule has 2 rings (SSSR count). The first-order valence-electron chi connectivity index (χ1n) is 7.95. The third kappa shape index (κ3) is 4.93. The van der Waals surface area contributed by atoms with Crippen LogP contribution in [0.4, 0.5) is 0 Å². The van der Waals surface area contributed by atoms with Crippen LogP contribution >= 0.6 is 0 Å². The summed E-state index contributed by atoms with van der Waals surface area (Å²) >= 11 is 0. The van der Waals surface area contributed by atoms with Gasteiger partial charge >= 0.3 is 0 Å². The first kappa shape index (κ1) is 16.7. The van der Waals surface area contributed by atoms with Crippen LogP contribution < -0.4 is 5.32 Å². The fraction of sp³-hybridized carbons (Fsp3) is 0.421. The van der Waals surface area contributed by atoms with Crippen molar-refractivity contribution in [2.45, 2.75) is 39.3 Å². The van der Waals surface area contributed by atoms with Gasteiger partial charge in [0.25, 0.3) is 0 Å². The van der Waals surface area contributed by atoms with Gasteiger partial charge in [-0.3, -0.25) is 4.98 Å². The van der Waals surface area contributed by atoms with E-state index in [1.54, 1.807) is 0 Å². The van der Waals surface area contributed by atoms with E-state index < -0.39 is 6.10 Å². The number of aliphatic hydroxyl groups excluding tert-OH is 1. The molecule has 0 amide bonds. The van der Waals surface area contributed by atoms with Gasteiger partial charge in [-0.25, -0.2) is 0 Å². The van der Waals surface area contributed by atoms with Crippen molar-refractivity contribution in [3.8, 4) is 0 Å². The van der Waals surface area contributed by atoms with Gasteiger partial charge in [-0.2, -0.15) is 0 Å². The highest BCUT2D eigenvalue weighted by molar-refractivity contribution is 5.24. The van der Waals surface area contributed by atoms with Crippen LogP contribution in [0.2, 0.25) is 0 Å². The molecule has 2 atom stereocenters. The Morgan fingerprint density at radius 1 is 1.14 bits per heavy atom. The summed E-state index contributed by atoms with van der Waals surface area (Å²) in [6.07, 6.45) is 2.32. The summed E-state index contributed by atoms with van der Waals surface area (Å²) in [6, 6.07) is 14.2. The van der Waals surface area contributed by atoms with Crippen molar-refractivity contribution in [2.75, 3.05) is 6.54 Å². The number of nitrogens with one attached hydrogen (secondary N) is 1. The van der Waals surface area contributed by atoms with Crippen molar-refractivity contribution in [1.29, 1.82) is 0 Å². The maximum absolute atomic E-state index is 10.4. The molecule has 0 bridgehead atoms. The Morgan fingerprint density at radius 3 is 2.59 bits per heavy atom. The molecule has 118 valence electrons. The van der Waals surface area contributed by atoms with Crippen LogP contribution in [0, 0.1) is 12.8 Å². The highest BCUT2D eigenvalue weighted by Crippen LogP contribution is 2.21. The standard InChI is InChI=1S/C19H26N2O/c1-14(2)11-18(17-9-4-5-10-20-17)21-13-19(22)16-8-6-7-15(3)12-16/h4-10,12,14,18-19,21-22H,11,13H2,1-3H3.